The third-order valence-corrected chi connectivity index (χ3v) is 3.92. The van der Waals surface area contributed by atoms with Crippen molar-refractivity contribution in [2.45, 2.75) is 26.7 Å². The highest BCUT2D eigenvalue weighted by atomic mass is 16.3. The second-order valence-electron chi connectivity index (χ2n) is 5.96. The van der Waals surface area contributed by atoms with Crippen molar-refractivity contribution >= 4 is 11.8 Å². The molecule has 6 heteroatoms. The second kappa shape index (κ2) is 7.74. The fourth-order valence-electron chi connectivity index (χ4n) is 2.62. The van der Waals surface area contributed by atoms with Crippen molar-refractivity contribution < 1.29 is 18.4 Å². The van der Waals surface area contributed by atoms with Crippen molar-refractivity contribution in [1.29, 1.82) is 0 Å². The van der Waals surface area contributed by atoms with Crippen molar-refractivity contribution in [1.82, 2.24) is 10.9 Å². The predicted molar refractivity (Wildman–Crippen MR) is 96.3 cm³/mol. The average molecular weight is 352 g/mol. The summed E-state index contributed by atoms with van der Waals surface area (Å²) in [5.74, 6) is 1.93. The first-order valence-corrected chi connectivity index (χ1v) is 8.33. The van der Waals surface area contributed by atoms with Gasteiger partial charge in [-0.15, -0.1) is 0 Å². The minimum Gasteiger partial charge on any atom is -0.466 e. The first-order chi connectivity index (χ1) is 12.5. The highest BCUT2D eigenvalue weighted by molar-refractivity contribution is 5.96. The Labute approximate surface area is 151 Å². The van der Waals surface area contributed by atoms with E-state index in [2.05, 4.69) is 10.9 Å². The molecular weight excluding hydrogens is 332 g/mol. The highest BCUT2D eigenvalue weighted by Gasteiger charge is 2.14. The normalized spacial score (nSPS) is 10.5. The second-order valence-corrected chi connectivity index (χ2v) is 5.96. The molecule has 2 amide bonds. The van der Waals surface area contributed by atoms with Crippen molar-refractivity contribution in [2.75, 3.05) is 0 Å². The summed E-state index contributed by atoms with van der Waals surface area (Å²) in [6, 6.07) is 15.1. The molecule has 3 rings (SSSR count). The fraction of sp³-hybridized carbons (Fsp3) is 0.200. The molecule has 0 bridgehead atoms. The van der Waals surface area contributed by atoms with Gasteiger partial charge in [-0.1, -0.05) is 30.3 Å². The summed E-state index contributed by atoms with van der Waals surface area (Å²) in [5, 5.41) is 0. The van der Waals surface area contributed by atoms with Crippen LogP contribution in [-0.4, -0.2) is 11.8 Å². The lowest BCUT2D eigenvalue weighted by Gasteiger charge is -2.06. The molecule has 0 unspecified atom stereocenters. The zero-order valence-corrected chi connectivity index (χ0v) is 14.7. The Bertz CT molecular complexity index is 909. The number of amides is 2. The molecule has 2 N–H and O–H groups in total. The Balaban J connectivity index is 1.48. The molecule has 0 fully saturated rings. The zero-order chi connectivity index (χ0) is 18.5. The van der Waals surface area contributed by atoms with Crippen LogP contribution in [0.5, 0.6) is 0 Å². The molecule has 0 aliphatic heterocycles. The van der Waals surface area contributed by atoms with Gasteiger partial charge in [0.05, 0.1) is 5.56 Å². The smallest absolute Gasteiger partial charge is 0.273 e. The van der Waals surface area contributed by atoms with E-state index in [1.54, 1.807) is 19.9 Å². The first kappa shape index (κ1) is 17.5. The molecule has 0 saturated heterocycles. The van der Waals surface area contributed by atoms with Crippen LogP contribution in [0.15, 0.2) is 57.4 Å². The number of nitrogens with one attached hydrogen (secondary N) is 2. The molecule has 0 aliphatic carbocycles. The molecule has 0 spiro atoms. The summed E-state index contributed by atoms with van der Waals surface area (Å²) in [6.45, 7) is 3.46. The van der Waals surface area contributed by atoms with Gasteiger partial charge in [0, 0.05) is 18.4 Å². The third kappa shape index (κ3) is 4.22. The number of rotatable bonds is 5. The van der Waals surface area contributed by atoms with Gasteiger partial charge in [0.2, 0.25) is 5.91 Å². The summed E-state index contributed by atoms with van der Waals surface area (Å²) in [4.78, 5) is 23.9. The Morgan fingerprint density at radius 3 is 2.42 bits per heavy atom. The van der Waals surface area contributed by atoms with Crippen LogP contribution in [0.4, 0.5) is 0 Å². The van der Waals surface area contributed by atoms with Gasteiger partial charge >= 0.3 is 0 Å². The van der Waals surface area contributed by atoms with Gasteiger partial charge in [-0.25, -0.2) is 0 Å². The Hall–Kier alpha value is -3.28. The van der Waals surface area contributed by atoms with Gasteiger partial charge in [0.25, 0.3) is 5.91 Å². The predicted octanol–water partition coefficient (Wildman–Crippen LogP) is 3.55. The van der Waals surface area contributed by atoms with Crippen LogP contribution in [0.25, 0.3) is 11.3 Å². The largest absolute Gasteiger partial charge is 0.466 e. The van der Waals surface area contributed by atoms with E-state index in [0.29, 0.717) is 29.3 Å². The van der Waals surface area contributed by atoms with Crippen molar-refractivity contribution in [2.24, 2.45) is 0 Å². The molecule has 0 atom stereocenters. The van der Waals surface area contributed by atoms with Crippen LogP contribution in [0, 0.1) is 13.8 Å². The van der Waals surface area contributed by atoms with E-state index >= 15 is 0 Å². The Morgan fingerprint density at radius 1 is 0.962 bits per heavy atom. The van der Waals surface area contributed by atoms with Gasteiger partial charge in [0.1, 0.15) is 23.0 Å². The summed E-state index contributed by atoms with van der Waals surface area (Å²) in [5.41, 5.74) is 6.19. The number of benzene rings is 1. The number of hydrogen-bond donors (Lipinski definition) is 2. The van der Waals surface area contributed by atoms with E-state index in [1.807, 2.05) is 42.5 Å². The summed E-state index contributed by atoms with van der Waals surface area (Å²) in [7, 11) is 0. The molecule has 3 aromatic rings. The van der Waals surface area contributed by atoms with E-state index in [1.165, 1.54) is 0 Å². The number of carbonyl (C=O) groups excluding carboxylic acids is 2. The van der Waals surface area contributed by atoms with Gasteiger partial charge in [-0.05, 0) is 32.0 Å². The van der Waals surface area contributed by atoms with Crippen LogP contribution in [0.1, 0.15) is 34.1 Å². The number of aryl methyl sites for hydroxylation is 3. The number of hydrogen-bond acceptors (Lipinski definition) is 4. The average Bonchev–Trinajstić information content (AvgIpc) is 3.25. The van der Waals surface area contributed by atoms with Crippen molar-refractivity contribution in [3.8, 4) is 11.3 Å². The zero-order valence-electron chi connectivity index (χ0n) is 14.7. The maximum atomic E-state index is 12.0. The van der Waals surface area contributed by atoms with Crippen molar-refractivity contribution in [3.63, 3.8) is 0 Å². The first-order valence-electron chi connectivity index (χ1n) is 8.33. The lowest BCUT2D eigenvalue weighted by molar-refractivity contribution is -0.121. The van der Waals surface area contributed by atoms with Crippen LogP contribution in [0.3, 0.4) is 0 Å². The minimum absolute atomic E-state index is 0.200. The Kier molecular flexibility index (Phi) is 5.22. The molecule has 0 saturated carbocycles. The van der Waals surface area contributed by atoms with E-state index in [4.69, 9.17) is 8.83 Å². The fourth-order valence-corrected chi connectivity index (χ4v) is 2.62. The molecular formula is C20H20N2O4. The van der Waals surface area contributed by atoms with E-state index < -0.39 is 5.91 Å². The third-order valence-electron chi connectivity index (χ3n) is 3.92. The number of hydrazine groups is 1. The van der Waals surface area contributed by atoms with Gasteiger partial charge in [0.15, 0.2) is 0 Å². The molecule has 6 nitrogen and oxygen atoms in total. The van der Waals surface area contributed by atoms with Gasteiger partial charge in [-0.2, -0.15) is 0 Å². The van der Waals surface area contributed by atoms with Gasteiger partial charge < -0.3 is 8.83 Å². The molecule has 0 aliphatic rings. The SMILES string of the molecule is Cc1cc(C(=O)NNC(=O)CCc2ccc(-c3ccccc3)o2)c(C)o1. The van der Waals surface area contributed by atoms with Crippen molar-refractivity contribution in [3.05, 3.63) is 71.4 Å². The van der Waals surface area contributed by atoms with Crippen LogP contribution in [-0.2, 0) is 11.2 Å². The topological polar surface area (TPSA) is 84.5 Å². The summed E-state index contributed by atoms with van der Waals surface area (Å²) >= 11 is 0. The van der Waals surface area contributed by atoms with E-state index in [0.717, 1.165) is 11.3 Å². The molecule has 0 radical (unpaired) electrons. The molecule has 26 heavy (non-hydrogen) atoms. The summed E-state index contributed by atoms with van der Waals surface area (Å²) in [6.07, 6.45) is 0.643. The van der Waals surface area contributed by atoms with E-state index in [-0.39, 0.29) is 12.3 Å². The molecule has 2 heterocycles. The molecule has 2 aromatic heterocycles. The van der Waals surface area contributed by atoms with Crippen LogP contribution in [0.2, 0.25) is 0 Å². The van der Waals surface area contributed by atoms with E-state index in [9.17, 15) is 9.59 Å². The maximum Gasteiger partial charge on any atom is 0.273 e. The maximum absolute atomic E-state index is 12.0. The standard InChI is InChI=1S/C20H20N2O4/c1-13-12-17(14(2)25-13)20(24)22-21-19(23)11-9-16-8-10-18(26-16)15-6-4-3-5-7-15/h3-8,10,12H,9,11H2,1-2H3,(H,21,23)(H,22,24). The quantitative estimate of drug-likeness (QED) is 0.688. The lowest BCUT2D eigenvalue weighted by Crippen LogP contribution is -2.41. The molecule has 134 valence electrons. The molecule has 1 aromatic carbocycles. The number of furan rings is 2. The number of carbonyl (C=O) groups is 2. The Morgan fingerprint density at radius 2 is 1.73 bits per heavy atom. The monoisotopic (exact) mass is 352 g/mol. The minimum atomic E-state index is -0.405. The highest BCUT2D eigenvalue weighted by Crippen LogP contribution is 2.22. The summed E-state index contributed by atoms with van der Waals surface area (Å²) < 4.78 is 11.1. The van der Waals surface area contributed by atoms with Crippen LogP contribution >= 0.6 is 0 Å². The van der Waals surface area contributed by atoms with Gasteiger partial charge in [-0.3, -0.25) is 20.4 Å². The van der Waals surface area contributed by atoms with Crippen LogP contribution < -0.4 is 10.9 Å². The lowest BCUT2D eigenvalue weighted by atomic mass is 10.2.